The Hall–Kier alpha value is -3.00. The Kier molecular flexibility index (Phi) is 7.46. The number of nitrogens with zero attached hydrogens (tertiary/aromatic N) is 1. The highest BCUT2D eigenvalue weighted by Gasteiger charge is 2.40. The summed E-state index contributed by atoms with van der Waals surface area (Å²) in [6.45, 7) is 3.82. The van der Waals surface area contributed by atoms with Gasteiger partial charge in [-0.15, -0.1) is 0 Å². The number of anilines is 1. The van der Waals surface area contributed by atoms with E-state index in [4.69, 9.17) is 4.74 Å². The van der Waals surface area contributed by atoms with E-state index in [1.807, 2.05) is 74.5 Å². The summed E-state index contributed by atoms with van der Waals surface area (Å²) in [7, 11) is 0. The SMILES string of the molecule is CC(C)(CCO)Oc1ccc(N2C(=O)C(Sc3ccccc3)=C(Sc3ccccc3)C2=O)cc1. The first-order chi connectivity index (χ1) is 16.4. The molecule has 3 aromatic rings. The van der Waals surface area contributed by atoms with Crippen LogP contribution in [0.1, 0.15) is 20.3 Å². The van der Waals surface area contributed by atoms with Crippen molar-refractivity contribution >= 4 is 41.0 Å². The summed E-state index contributed by atoms with van der Waals surface area (Å²) in [4.78, 5) is 30.8. The quantitative estimate of drug-likeness (QED) is 0.376. The topological polar surface area (TPSA) is 66.8 Å². The van der Waals surface area contributed by atoms with Crippen molar-refractivity contribution in [3.63, 3.8) is 0 Å². The molecule has 1 aliphatic heterocycles. The number of carbonyl (C=O) groups is 2. The standard InChI is InChI=1S/C27H25NO4S2/c1-27(2,17-18-29)32-20-15-13-19(14-16-20)28-25(30)23(33-21-9-5-3-6-10-21)24(26(28)31)34-22-11-7-4-8-12-22/h3-16,29H,17-18H2,1-2H3. The van der Waals surface area contributed by atoms with Crippen molar-refractivity contribution in [2.45, 2.75) is 35.7 Å². The zero-order valence-electron chi connectivity index (χ0n) is 18.9. The highest BCUT2D eigenvalue weighted by atomic mass is 32.2. The van der Waals surface area contributed by atoms with Crippen LogP contribution in [0.4, 0.5) is 5.69 Å². The number of imide groups is 1. The summed E-state index contributed by atoms with van der Waals surface area (Å²) in [5.41, 5.74) is -0.0482. The van der Waals surface area contributed by atoms with Crippen LogP contribution in [0.25, 0.3) is 0 Å². The molecule has 0 saturated carbocycles. The van der Waals surface area contributed by atoms with E-state index < -0.39 is 5.60 Å². The van der Waals surface area contributed by atoms with Crippen molar-refractivity contribution < 1.29 is 19.4 Å². The van der Waals surface area contributed by atoms with Crippen molar-refractivity contribution in [2.24, 2.45) is 0 Å². The molecule has 1 aliphatic rings. The molecular weight excluding hydrogens is 466 g/mol. The summed E-state index contributed by atoms with van der Waals surface area (Å²) in [5, 5.41) is 9.22. The number of rotatable bonds is 9. The van der Waals surface area contributed by atoms with E-state index in [2.05, 4.69) is 0 Å². The van der Waals surface area contributed by atoms with Gasteiger partial charge in [-0.3, -0.25) is 9.59 Å². The van der Waals surface area contributed by atoms with Gasteiger partial charge in [-0.2, -0.15) is 0 Å². The average Bonchev–Trinajstić information content (AvgIpc) is 3.05. The molecule has 34 heavy (non-hydrogen) atoms. The number of hydrogen-bond donors (Lipinski definition) is 1. The second-order valence-electron chi connectivity index (χ2n) is 8.26. The minimum atomic E-state index is -0.532. The summed E-state index contributed by atoms with van der Waals surface area (Å²) in [6.07, 6.45) is 0.488. The number of amides is 2. The molecule has 2 amide bonds. The lowest BCUT2D eigenvalue weighted by molar-refractivity contribution is -0.120. The normalized spacial score (nSPS) is 14.1. The lowest BCUT2D eigenvalue weighted by atomic mass is 10.1. The van der Waals surface area contributed by atoms with E-state index in [0.29, 0.717) is 27.7 Å². The first-order valence-corrected chi connectivity index (χ1v) is 12.5. The first-order valence-electron chi connectivity index (χ1n) is 10.9. The van der Waals surface area contributed by atoms with Gasteiger partial charge < -0.3 is 9.84 Å². The predicted molar refractivity (Wildman–Crippen MR) is 137 cm³/mol. The van der Waals surface area contributed by atoms with Gasteiger partial charge in [-0.05, 0) is 62.4 Å². The van der Waals surface area contributed by atoms with Crippen LogP contribution >= 0.6 is 23.5 Å². The fourth-order valence-corrected chi connectivity index (χ4v) is 5.44. The number of benzene rings is 3. The maximum absolute atomic E-state index is 13.5. The first kappa shape index (κ1) is 24.1. The van der Waals surface area contributed by atoms with Gasteiger partial charge in [0.15, 0.2) is 0 Å². The largest absolute Gasteiger partial charge is 0.488 e. The minimum Gasteiger partial charge on any atom is -0.488 e. The van der Waals surface area contributed by atoms with Gasteiger partial charge in [0.05, 0.1) is 15.5 Å². The Morgan fingerprint density at radius 1 is 0.765 bits per heavy atom. The molecule has 0 aromatic heterocycles. The van der Waals surface area contributed by atoms with E-state index in [1.165, 1.54) is 28.4 Å². The van der Waals surface area contributed by atoms with E-state index in [-0.39, 0.29) is 18.4 Å². The molecule has 0 atom stereocenters. The van der Waals surface area contributed by atoms with Crippen molar-refractivity contribution in [2.75, 3.05) is 11.5 Å². The van der Waals surface area contributed by atoms with E-state index in [1.54, 1.807) is 24.3 Å². The molecule has 5 nitrogen and oxygen atoms in total. The zero-order chi connectivity index (χ0) is 24.1. The third-order valence-corrected chi connectivity index (χ3v) is 7.44. The van der Waals surface area contributed by atoms with Crippen LogP contribution in [-0.4, -0.2) is 29.1 Å². The zero-order valence-corrected chi connectivity index (χ0v) is 20.6. The number of thioether (sulfide) groups is 2. The summed E-state index contributed by atoms with van der Waals surface area (Å²) in [6, 6.07) is 26.0. The maximum Gasteiger partial charge on any atom is 0.273 e. The Bertz CT molecular complexity index is 1130. The highest BCUT2D eigenvalue weighted by Crippen LogP contribution is 2.44. The second-order valence-corrected chi connectivity index (χ2v) is 10.4. The molecule has 0 spiro atoms. The molecule has 4 rings (SSSR count). The van der Waals surface area contributed by atoms with Crippen LogP contribution in [0.3, 0.4) is 0 Å². The number of aliphatic hydroxyl groups excluding tert-OH is 1. The van der Waals surface area contributed by atoms with E-state index >= 15 is 0 Å². The molecule has 1 N–H and O–H groups in total. The molecule has 0 bridgehead atoms. The fraction of sp³-hybridized carbons (Fsp3) is 0.185. The molecular formula is C27H25NO4S2. The van der Waals surface area contributed by atoms with Crippen LogP contribution in [-0.2, 0) is 9.59 Å². The summed E-state index contributed by atoms with van der Waals surface area (Å²) < 4.78 is 5.95. The number of carbonyl (C=O) groups excluding carboxylic acids is 2. The highest BCUT2D eigenvalue weighted by molar-refractivity contribution is 8.08. The van der Waals surface area contributed by atoms with Crippen LogP contribution in [0.2, 0.25) is 0 Å². The van der Waals surface area contributed by atoms with Gasteiger partial charge in [0.2, 0.25) is 0 Å². The molecule has 3 aromatic carbocycles. The lowest BCUT2D eigenvalue weighted by Crippen LogP contribution is -2.31. The Labute approximate surface area is 207 Å². The van der Waals surface area contributed by atoms with E-state index in [0.717, 1.165) is 9.79 Å². The smallest absolute Gasteiger partial charge is 0.273 e. The van der Waals surface area contributed by atoms with Gasteiger partial charge in [-0.1, -0.05) is 59.9 Å². The molecule has 0 radical (unpaired) electrons. The summed E-state index contributed by atoms with van der Waals surface area (Å²) >= 11 is 2.61. The molecule has 174 valence electrons. The van der Waals surface area contributed by atoms with Gasteiger partial charge in [0, 0.05) is 22.8 Å². The fourth-order valence-electron chi connectivity index (χ4n) is 3.42. The van der Waals surface area contributed by atoms with Crippen LogP contribution in [0.15, 0.2) is 105 Å². The second kappa shape index (κ2) is 10.5. The number of ether oxygens (including phenoxy) is 1. The van der Waals surface area contributed by atoms with Crippen molar-refractivity contribution in [3.05, 3.63) is 94.7 Å². The third kappa shape index (κ3) is 5.55. The molecule has 7 heteroatoms. The Morgan fingerprint density at radius 3 is 1.68 bits per heavy atom. The van der Waals surface area contributed by atoms with Crippen LogP contribution in [0, 0.1) is 0 Å². The molecule has 1 heterocycles. The van der Waals surface area contributed by atoms with Gasteiger partial charge in [0.25, 0.3) is 11.8 Å². The lowest BCUT2D eigenvalue weighted by Gasteiger charge is -2.26. The number of aliphatic hydroxyl groups is 1. The molecule has 0 aliphatic carbocycles. The van der Waals surface area contributed by atoms with Crippen LogP contribution < -0.4 is 9.64 Å². The predicted octanol–water partition coefficient (Wildman–Crippen LogP) is 5.90. The van der Waals surface area contributed by atoms with Crippen molar-refractivity contribution in [1.29, 1.82) is 0 Å². The van der Waals surface area contributed by atoms with Crippen LogP contribution in [0.5, 0.6) is 5.75 Å². The summed E-state index contributed by atoms with van der Waals surface area (Å²) in [5.74, 6) is -0.0786. The number of hydrogen-bond acceptors (Lipinski definition) is 6. The maximum atomic E-state index is 13.5. The molecule has 0 fully saturated rings. The van der Waals surface area contributed by atoms with Crippen molar-refractivity contribution in [1.82, 2.24) is 0 Å². The monoisotopic (exact) mass is 491 g/mol. The van der Waals surface area contributed by atoms with E-state index in [9.17, 15) is 14.7 Å². The minimum absolute atomic E-state index is 0.0250. The average molecular weight is 492 g/mol. The Balaban J connectivity index is 1.62. The van der Waals surface area contributed by atoms with Gasteiger partial charge in [-0.25, -0.2) is 4.90 Å². The molecule has 0 unspecified atom stereocenters. The third-order valence-electron chi connectivity index (χ3n) is 5.13. The van der Waals surface area contributed by atoms with Gasteiger partial charge in [0.1, 0.15) is 11.4 Å². The Morgan fingerprint density at radius 2 is 1.24 bits per heavy atom. The molecule has 0 saturated heterocycles. The van der Waals surface area contributed by atoms with Gasteiger partial charge >= 0.3 is 0 Å². The van der Waals surface area contributed by atoms with Crippen molar-refractivity contribution in [3.8, 4) is 5.75 Å².